The number of alkyl halides is 3. The van der Waals surface area contributed by atoms with Crippen LogP contribution in [0, 0.1) is 5.41 Å². The molecule has 7 rings (SSSR count). The topological polar surface area (TPSA) is 208 Å². The summed E-state index contributed by atoms with van der Waals surface area (Å²) in [7, 11) is 0. The van der Waals surface area contributed by atoms with E-state index in [0.717, 1.165) is 17.2 Å². The molecular weight excluding hydrogens is 823 g/mol. The number of esters is 3. The zero-order valence-electron chi connectivity index (χ0n) is 34.5. The average molecular weight is 874 g/mol. The number of fused-ring (bicyclic) bond motifs is 5. The highest BCUT2D eigenvalue weighted by atomic mass is 19.4. The standard InChI is InChI=1S/C43H50F3N3O13/c1-23(51)32(37(54)47-28(21-50)13-15-31(53)59-40(2,3)4)48-39(56)42-19-29-33-34(61-41(60-33)17-26-10-5-6-11-27(26)18-41)36(42)62-49(35(42)38(55)58-29)20-25-9-7-8-24(16-25)12-14-30(52)57-22-43(44,45)46/h5-12,14,16,23,28-29,32-36,50-51H,13,15,17-22H2,1-4H3,(H,47,54)(H,48,56)/t23-,28-,29+,32+,33-,34-,35-,36+,42-/m0/s1. The number of aliphatic hydroxyl groups is 2. The van der Waals surface area contributed by atoms with Crippen LogP contribution in [0.5, 0.6) is 0 Å². The Morgan fingerprint density at radius 2 is 1.71 bits per heavy atom. The summed E-state index contributed by atoms with van der Waals surface area (Å²) in [6, 6.07) is 10.2. The summed E-state index contributed by atoms with van der Waals surface area (Å²) in [5, 5.41) is 27.5. The lowest BCUT2D eigenvalue weighted by molar-refractivity contribution is -0.217. The van der Waals surface area contributed by atoms with Crippen molar-refractivity contribution >= 4 is 35.8 Å². The molecule has 2 aliphatic carbocycles. The highest BCUT2D eigenvalue weighted by Crippen LogP contribution is 2.58. The first-order chi connectivity index (χ1) is 29.2. The number of rotatable bonds is 14. The maximum atomic E-state index is 15.0. The third kappa shape index (κ3) is 9.52. The van der Waals surface area contributed by atoms with E-state index in [2.05, 4.69) is 15.4 Å². The zero-order valence-corrected chi connectivity index (χ0v) is 34.5. The van der Waals surface area contributed by atoms with Crippen LogP contribution in [-0.4, -0.2) is 124 Å². The Balaban J connectivity index is 1.15. The van der Waals surface area contributed by atoms with Gasteiger partial charge in [-0.1, -0.05) is 48.5 Å². The summed E-state index contributed by atoms with van der Waals surface area (Å²) in [5.41, 5.74) is 0.389. The van der Waals surface area contributed by atoms with Crippen LogP contribution in [0.25, 0.3) is 6.08 Å². The van der Waals surface area contributed by atoms with Gasteiger partial charge < -0.3 is 44.5 Å². The van der Waals surface area contributed by atoms with Crippen molar-refractivity contribution in [3.05, 3.63) is 76.9 Å². The number of amides is 2. The molecular formula is C43H50F3N3O13. The van der Waals surface area contributed by atoms with Crippen molar-refractivity contribution < 1.29 is 75.9 Å². The summed E-state index contributed by atoms with van der Waals surface area (Å²) < 4.78 is 66.6. The molecule has 5 aliphatic rings. The minimum atomic E-state index is -4.69. The van der Waals surface area contributed by atoms with Crippen molar-refractivity contribution in [3.63, 3.8) is 0 Å². The van der Waals surface area contributed by atoms with Crippen LogP contribution in [0.1, 0.15) is 69.2 Å². The predicted octanol–water partition coefficient (Wildman–Crippen LogP) is 2.35. The summed E-state index contributed by atoms with van der Waals surface area (Å²) in [5.74, 6) is -5.42. The first-order valence-corrected chi connectivity index (χ1v) is 20.4. The Labute approximate surface area is 354 Å². The van der Waals surface area contributed by atoms with E-state index >= 15 is 4.79 Å². The highest BCUT2D eigenvalue weighted by Gasteiger charge is 2.76. The molecule has 19 heteroatoms. The van der Waals surface area contributed by atoms with E-state index in [9.17, 15) is 42.6 Å². The number of nitrogens with one attached hydrogen (secondary N) is 2. The number of benzene rings is 2. The number of hydrogen-bond donors (Lipinski definition) is 4. The zero-order chi connectivity index (χ0) is 44.8. The molecule has 16 nitrogen and oxygen atoms in total. The van der Waals surface area contributed by atoms with Gasteiger partial charge in [-0.3, -0.25) is 24.0 Å². The minimum Gasteiger partial charge on any atom is -0.460 e. The summed E-state index contributed by atoms with van der Waals surface area (Å²) in [6.07, 6.45) is -7.55. The summed E-state index contributed by atoms with van der Waals surface area (Å²) in [4.78, 5) is 73.9. The van der Waals surface area contributed by atoms with E-state index in [1.807, 2.05) is 24.3 Å². The fraction of sp³-hybridized carbons (Fsp3) is 0.558. The lowest BCUT2D eigenvalue weighted by atomic mass is 9.62. The number of aliphatic hydroxyl groups excluding tert-OH is 2. The van der Waals surface area contributed by atoms with E-state index in [0.29, 0.717) is 24.0 Å². The molecule has 3 aliphatic heterocycles. The van der Waals surface area contributed by atoms with Crippen molar-refractivity contribution in [2.45, 2.75) is 133 Å². The first-order valence-electron chi connectivity index (χ1n) is 20.4. The Morgan fingerprint density at radius 1 is 1.02 bits per heavy atom. The molecule has 2 aromatic rings. The summed E-state index contributed by atoms with van der Waals surface area (Å²) in [6.45, 7) is 3.95. The van der Waals surface area contributed by atoms with Crippen LogP contribution >= 0.6 is 0 Å². The van der Waals surface area contributed by atoms with Crippen LogP contribution < -0.4 is 10.6 Å². The molecule has 0 unspecified atom stereocenters. The molecule has 2 amide bonds. The van der Waals surface area contributed by atoms with Gasteiger partial charge in [0, 0.05) is 31.8 Å². The number of halogens is 3. The summed E-state index contributed by atoms with van der Waals surface area (Å²) >= 11 is 0. The Morgan fingerprint density at radius 3 is 2.35 bits per heavy atom. The molecule has 336 valence electrons. The third-order valence-corrected chi connectivity index (χ3v) is 11.5. The average Bonchev–Trinajstić information content (AvgIpc) is 3.87. The molecule has 62 heavy (non-hydrogen) atoms. The molecule has 2 aromatic carbocycles. The number of carbonyl (C=O) groups is 5. The van der Waals surface area contributed by atoms with Crippen molar-refractivity contribution in [3.8, 4) is 0 Å². The van der Waals surface area contributed by atoms with Crippen LogP contribution in [-0.2, 0) is 71.9 Å². The van der Waals surface area contributed by atoms with Gasteiger partial charge in [0.25, 0.3) is 0 Å². The van der Waals surface area contributed by atoms with E-state index in [1.165, 1.54) is 18.1 Å². The van der Waals surface area contributed by atoms with Gasteiger partial charge in [0.15, 0.2) is 18.4 Å². The van der Waals surface area contributed by atoms with E-state index in [-0.39, 0.29) is 25.8 Å². The molecule has 1 saturated carbocycles. The van der Waals surface area contributed by atoms with Gasteiger partial charge in [-0.05, 0) is 62.4 Å². The van der Waals surface area contributed by atoms with Crippen molar-refractivity contribution in [2.75, 3.05) is 13.2 Å². The van der Waals surface area contributed by atoms with Gasteiger partial charge in [-0.25, -0.2) is 4.79 Å². The second-order valence-electron chi connectivity index (χ2n) is 17.4. The lowest BCUT2D eigenvalue weighted by Gasteiger charge is -2.49. The van der Waals surface area contributed by atoms with Crippen molar-refractivity contribution in [1.29, 1.82) is 0 Å². The monoisotopic (exact) mass is 873 g/mol. The van der Waals surface area contributed by atoms with E-state index in [4.69, 9.17) is 23.8 Å². The van der Waals surface area contributed by atoms with Crippen LogP contribution in [0.15, 0.2) is 54.6 Å². The first kappa shape index (κ1) is 45.1. The molecule has 9 atom stereocenters. The van der Waals surface area contributed by atoms with Gasteiger partial charge in [-0.15, -0.1) is 0 Å². The minimum absolute atomic E-state index is 0.00675. The van der Waals surface area contributed by atoms with E-state index in [1.54, 1.807) is 45.0 Å². The van der Waals surface area contributed by atoms with Crippen LogP contribution in [0.4, 0.5) is 13.2 Å². The molecule has 4 fully saturated rings. The molecule has 0 aromatic heterocycles. The normalized spacial score (nSPS) is 27.5. The second-order valence-corrected chi connectivity index (χ2v) is 17.4. The predicted molar refractivity (Wildman–Crippen MR) is 208 cm³/mol. The number of nitrogens with zero attached hydrogens (tertiary/aromatic N) is 1. The molecule has 1 spiro atoms. The lowest BCUT2D eigenvalue weighted by Crippen LogP contribution is -2.71. The van der Waals surface area contributed by atoms with Gasteiger partial charge in [-0.2, -0.15) is 18.2 Å². The number of hydroxylamine groups is 2. The third-order valence-electron chi connectivity index (χ3n) is 11.5. The SMILES string of the molecule is C[C@H](O)[C@@H](NC(=O)[C@@]12C[C@H]3OC(=O)[C@@H]1N(Cc1cccc(C=CC(=O)OCC(F)(F)F)c1)O[C@@H]2[C@H]1OC2(Cc4ccccc4C2)O[C@H]13)C(=O)N[C@H](CO)CCC(=O)OC(C)(C)C. The maximum absolute atomic E-state index is 15.0. The second kappa shape index (κ2) is 17.3. The fourth-order valence-electron chi connectivity index (χ4n) is 8.97. The van der Waals surface area contributed by atoms with Crippen molar-refractivity contribution in [1.82, 2.24) is 15.7 Å². The molecule has 2 bridgehead atoms. The quantitative estimate of drug-likeness (QED) is 0.122. The largest absolute Gasteiger partial charge is 0.460 e. The van der Waals surface area contributed by atoms with Crippen LogP contribution in [0.3, 0.4) is 0 Å². The number of ether oxygens (including phenoxy) is 5. The maximum Gasteiger partial charge on any atom is 0.422 e. The van der Waals surface area contributed by atoms with Gasteiger partial charge in [0.05, 0.1) is 25.3 Å². The number of carbonyl (C=O) groups excluding carboxylic acids is 5. The highest BCUT2D eigenvalue weighted by molar-refractivity contribution is 5.96. The van der Waals surface area contributed by atoms with Gasteiger partial charge in [0.1, 0.15) is 41.5 Å². The van der Waals surface area contributed by atoms with Crippen LogP contribution in [0.2, 0.25) is 0 Å². The number of hydrogen-bond acceptors (Lipinski definition) is 14. The smallest absolute Gasteiger partial charge is 0.422 e. The fourth-order valence-corrected chi connectivity index (χ4v) is 8.97. The molecule has 3 saturated heterocycles. The van der Waals surface area contributed by atoms with Crippen molar-refractivity contribution in [2.24, 2.45) is 5.41 Å². The molecule has 4 N–H and O–H groups in total. The van der Waals surface area contributed by atoms with E-state index < -0.39 is 115 Å². The Kier molecular flexibility index (Phi) is 12.6. The molecule has 3 heterocycles. The van der Waals surface area contributed by atoms with Gasteiger partial charge >= 0.3 is 24.1 Å². The Bertz CT molecular complexity index is 2060. The molecule has 0 radical (unpaired) electrons. The van der Waals surface area contributed by atoms with Gasteiger partial charge in [0.2, 0.25) is 11.8 Å². The Hall–Kier alpha value is -4.92.